The fourth-order valence-electron chi connectivity index (χ4n) is 2.04. The van der Waals surface area contributed by atoms with Crippen LogP contribution >= 0.6 is 11.8 Å². The molecule has 1 unspecified atom stereocenters. The van der Waals surface area contributed by atoms with Gasteiger partial charge in [0.2, 0.25) is 0 Å². The van der Waals surface area contributed by atoms with Crippen LogP contribution in [-0.2, 0) is 0 Å². The van der Waals surface area contributed by atoms with Gasteiger partial charge in [0.25, 0.3) is 0 Å². The first-order valence-corrected chi connectivity index (χ1v) is 7.44. The predicted molar refractivity (Wildman–Crippen MR) is 73.0 cm³/mol. The van der Waals surface area contributed by atoms with Crippen molar-refractivity contribution in [2.75, 3.05) is 12.8 Å². The second kappa shape index (κ2) is 5.17. The minimum absolute atomic E-state index is 0.162. The number of hydrogen-bond donors (Lipinski definition) is 1. The molecule has 1 aliphatic carbocycles. The fraction of sp³-hybridized carbons (Fsp3) is 0.571. The number of nitrogens with one attached hydrogen (secondary N) is 1. The van der Waals surface area contributed by atoms with E-state index in [0.717, 1.165) is 6.54 Å². The van der Waals surface area contributed by atoms with Crippen molar-refractivity contribution in [2.24, 2.45) is 0 Å². The molecule has 0 bridgehead atoms. The zero-order valence-corrected chi connectivity index (χ0v) is 11.8. The molecule has 0 radical (unpaired) electrons. The largest absolute Gasteiger partial charge is 0.309 e. The Morgan fingerprint density at radius 1 is 1.33 bits per heavy atom. The summed E-state index contributed by atoms with van der Waals surface area (Å²) < 4.78 is 27.6. The summed E-state index contributed by atoms with van der Waals surface area (Å²) in [5.74, 6) is -0.672. The van der Waals surface area contributed by atoms with Crippen molar-refractivity contribution < 1.29 is 8.78 Å². The van der Waals surface area contributed by atoms with E-state index in [-0.39, 0.29) is 17.7 Å². The number of benzene rings is 1. The molecule has 2 rings (SSSR count). The summed E-state index contributed by atoms with van der Waals surface area (Å²) >= 11 is 1.85. The summed E-state index contributed by atoms with van der Waals surface area (Å²) in [4.78, 5) is 0. The van der Waals surface area contributed by atoms with Crippen molar-refractivity contribution >= 4 is 11.8 Å². The van der Waals surface area contributed by atoms with Gasteiger partial charge in [-0.3, -0.25) is 0 Å². The molecule has 0 spiro atoms. The SMILES string of the molecule is CSC1(CNC(C)c2cc(F)c(C)cc2F)CC1. The maximum absolute atomic E-state index is 13.8. The molecule has 1 aromatic carbocycles. The van der Waals surface area contributed by atoms with Crippen molar-refractivity contribution in [3.63, 3.8) is 0 Å². The molecule has 4 heteroatoms. The van der Waals surface area contributed by atoms with Crippen molar-refractivity contribution in [3.8, 4) is 0 Å². The maximum Gasteiger partial charge on any atom is 0.128 e. The van der Waals surface area contributed by atoms with Gasteiger partial charge in [0, 0.05) is 22.9 Å². The molecular weight excluding hydrogens is 252 g/mol. The van der Waals surface area contributed by atoms with Crippen molar-refractivity contribution in [3.05, 3.63) is 34.9 Å². The van der Waals surface area contributed by atoms with E-state index in [1.165, 1.54) is 25.0 Å². The minimum atomic E-state index is -0.342. The molecule has 0 aromatic heterocycles. The number of rotatable bonds is 5. The third-order valence-corrected chi connectivity index (χ3v) is 5.13. The van der Waals surface area contributed by atoms with E-state index in [0.29, 0.717) is 15.9 Å². The second-order valence-electron chi connectivity index (χ2n) is 5.11. The topological polar surface area (TPSA) is 12.0 Å². The van der Waals surface area contributed by atoms with Gasteiger partial charge in [-0.2, -0.15) is 11.8 Å². The van der Waals surface area contributed by atoms with Crippen LogP contribution in [0.15, 0.2) is 12.1 Å². The van der Waals surface area contributed by atoms with E-state index in [1.807, 2.05) is 18.7 Å². The van der Waals surface area contributed by atoms with Gasteiger partial charge in [-0.25, -0.2) is 8.78 Å². The lowest BCUT2D eigenvalue weighted by Gasteiger charge is -2.19. The Morgan fingerprint density at radius 3 is 2.56 bits per heavy atom. The Morgan fingerprint density at radius 2 is 2.00 bits per heavy atom. The average molecular weight is 271 g/mol. The lowest BCUT2D eigenvalue weighted by atomic mass is 10.0. The molecule has 100 valence electrons. The van der Waals surface area contributed by atoms with Crippen LogP contribution in [-0.4, -0.2) is 17.5 Å². The van der Waals surface area contributed by atoms with Crippen LogP contribution in [0, 0.1) is 18.6 Å². The summed E-state index contributed by atoms with van der Waals surface area (Å²) in [7, 11) is 0. The van der Waals surface area contributed by atoms with Crippen LogP contribution in [0.2, 0.25) is 0 Å². The van der Waals surface area contributed by atoms with E-state index in [2.05, 4.69) is 11.6 Å². The normalized spacial score (nSPS) is 18.7. The van der Waals surface area contributed by atoms with Gasteiger partial charge in [-0.05, 0) is 50.6 Å². The Kier molecular flexibility index (Phi) is 3.97. The molecule has 1 saturated carbocycles. The molecule has 0 aliphatic heterocycles. The third-order valence-electron chi connectivity index (χ3n) is 3.72. The predicted octanol–water partition coefficient (Wildman–Crippen LogP) is 3.82. The molecule has 1 aromatic rings. The molecule has 0 amide bonds. The van der Waals surface area contributed by atoms with E-state index in [9.17, 15) is 8.78 Å². The van der Waals surface area contributed by atoms with Gasteiger partial charge < -0.3 is 5.32 Å². The smallest absolute Gasteiger partial charge is 0.128 e. The highest BCUT2D eigenvalue weighted by atomic mass is 32.2. The lowest BCUT2D eigenvalue weighted by Crippen LogP contribution is -2.29. The van der Waals surface area contributed by atoms with Crippen molar-refractivity contribution in [2.45, 2.75) is 37.5 Å². The van der Waals surface area contributed by atoms with Crippen molar-refractivity contribution in [1.82, 2.24) is 5.32 Å². The molecule has 1 aliphatic rings. The lowest BCUT2D eigenvalue weighted by molar-refractivity contribution is 0.513. The first-order valence-electron chi connectivity index (χ1n) is 6.21. The summed E-state index contributed by atoms with van der Waals surface area (Å²) in [6, 6.07) is 2.41. The highest BCUT2D eigenvalue weighted by Gasteiger charge is 2.41. The number of halogens is 2. The Hall–Kier alpha value is -0.610. The van der Waals surface area contributed by atoms with Crippen LogP contribution in [0.3, 0.4) is 0 Å². The molecule has 0 heterocycles. The molecular formula is C14H19F2NS. The second-order valence-corrected chi connectivity index (χ2v) is 6.39. The Bertz CT molecular complexity index is 444. The van der Waals surface area contributed by atoms with Crippen molar-refractivity contribution in [1.29, 1.82) is 0 Å². The quantitative estimate of drug-likeness (QED) is 0.873. The van der Waals surface area contributed by atoms with E-state index < -0.39 is 0 Å². The highest BCUT2D eigenvalue weighted by molar-refractivity contribution is 8.00. The van der Waals surface area contributed by atoms with Gasteiger partial charge >= 0.3 is 0 Å². The number of thioether (sulfide) groups is 1. The highest BCUT2D eigenvalue weighted by Crippen LogP contribution is 2.46. The molecule has 1 nitrogen and oxygen atoms in total. The van der Waals surface area contributed by atoms with Gasteiger partial charge in [-0.15, -0.1) is 0 Å². The van der Waals surface area contributed by atoms with E-state index in [1.54, 1.807) is 6.92 Å². The van der Waals surface area contributed by atoms with Crippen LogP contribution in [0.25, 0.3) is 0 Å². The zero-order valence-electron chi connectivity index (χ0n) is 11.0. The van der Waals surface area contributed by atoms with Crippen LogP contribution < -0.4 is 5.32 Å². The molecule has 0 saturated heterocycles. The van der Waals surface area contributed by atoms with Gasteiger partial charge in [0.15, 0.2) is 0 Å². The van der Waals surface area contributed by atoms with Gasteiger partial charge in [0.1, 0.15) is 11.6 Å². The maximum atomic E-state index is 13.8. The van der Waals surface area contributed by atoms with Crippen LogP contribution in [0.5, 0.6) is 0 Å². The number of aryl methyl sites for hydroxylation is 1. The zero-order chi connectivity index (χ0) is 13.3. The van der Waals surface area contributed by atoms with Crippen LogP contribution in [0.1, 0.15) is 36.9 Å². The van der Waals surface area contributed by atoms with Crippen LogP contribution in [0.4, 0.5) is 8.78 Å². The summed E-state index contributed by atoms with van der Waals surface area (Å²) in [5.41, 5.74) is 0.765. The standard InChI is InChI=1S/C14H19F2NS/c1-9-6-13(16)11(7-12(9)15)10(2)17-8-14(18-3)4-5-14/h6-7,10,17H,4-5,8H2,1-3H3. The third kappa shape index (κ3) is 2.86. The monoisotopic (exact) mass is 271 g/mol. The van der Waals surface area contributed by atoms with E-state index >= 15 is 0 Å². The fourth-order valence-corrected chi connectivity index (χ4v) is 2.77. The number of hydrogen-bond acceptors (Lipinski definition) is 2. The molecule has 1 fully saturated rings. The summed E-state index contributed by atoms with van der Waals surface area (Å²) in [6.07, 6.45) is 4.52. The Balaban J connectivity index is 2.04. The summed E-state index contributed by atoms with van der Waals surface area (Å²) in [5, 5.41) is 3.31. The average Bonchev–Trinajstić information content (AvgIpc) is 3.11. The van der Waals surface area contributed by atoms with Gasteiger partial charge in [-0.1, -0.05) is 0 Å². The molecule has 1 N–H and O–H groups in total. The first-order chi connectivity index (χ1) is 8.47. The van der Waals surface area contributed by atoms with Gasteiger partial charge in [0.05, 0.1) is 0 Å². The summed E-state index contributed by atoms with van der Waals surface area (Å²) in [6.45, 7) is 4.31. The Labute approximate surface area is 111 Å². The minimum Gasteiger partial charge on any atom is -0.309 e. The first kappa shape index (κ1) is 13.8. The molecule has 1 atom stereocenters. The van der Waals surface area contributed by atoms with E-state index in [4.69, 9.17) is 0 Å². The molecule has 18 heavy (non-hydrogen) atoms.